The number of amides is 1. The standard InChI is InChI=1S/C19H22N2OS.C2HF3O2/c1-20-17(16-5-3-2-4-6-16)19(18(20)22)8-10-21(11-9-19)13-15-7-12-23-14-15;3-2(4,5)1(6)7/h2-7,12,14,17H,8-11,13H2,1H3;(H,6,7). The van der Waals surface area contributed by atoms with Crippen LogP contribution in [0, 0.1) is 5.41 Å². The number of halogens is 3. The van der Waals surface area contributed by atoms with E-state index in [1.807, 2.05) is 18.0 Å². The second-order valence-corrected chi connectivity index (χ2v) is 8.38. The number of hydrogen-bond acceptors (Lipinski definition) is 4. The summed E-state index contributed by atoms with van der Waals surface area (Å²) in [4.78, 5) is 26.0. The SMILES string of the molecule is CN1C(=O)C2(CCN(Cc3ccsc3)CC2)C1c1ccccc1.O=C(O)C(F)(F)F. The molecule has 0 saturated carbocycles. The number of aliphatic carboxylic acids is 1. The number of alkyl halides is 3. The molecule has 2 aliphatic heterocycles. The van der Waals surface area contributed by atoms with Gasteiger partial charge in [-0.3, -0.25) is 9.69 Å². The van der Waals surface area contributed by atoms with Crippen LogP contribution in [-0.2, 0) is 16.1 Å². The van der Waals surface area contributed by atoms with E-state index in [1.54, 1.807) is 11.3 Å². The summed E-state index contributed by atoms with van der Waals surface area (Å²) < 4.78 is 31.7. The largest absolute Gasteiger partial charge is 0.490 e. The Morgan fingerprint density at radius 2 is 1.80 bits per heavy atom. The van der Waals surface area contributed by atoms with Gasteiger partial charge in [-0.2, -0.15) is 24.5 Å². The summed E-state index contributed by atoms with van der Waals surface area (Å²) in [6.45, 7) is 3.04. The molecule has 3 heterocycles. The lowest BCUT2D eigenvalue weighted by Crippen LogP contribution is -2.64. The first-order valence-electron chi connectivity index (χ1n) is 9.51. The second kappa shape index (κ2) is 8.77. The molecule has 0 aliphatic carbocycles. The maximum atomic E-state index is 12.7. The molecule has 1 N–H and O–H groups in total. The molecular formula is C21H23F3N2O3S. The molecular weight excluding hydrogens is 417 g/mol. The van der Waals surface area contributed by atoms with Crippen molar-refractivity contribution in [2.24, 2.45) is 5.41 Å². The molecule has 1 spiro atoms. The van der Waals surface area contributed by atoms with Gasteiger partial charge < -0.3 is 10.0 Å². The van der Waals surface area contributed by atoms with Gasteiger partial charge in [-0.05, 0) is 53.9 Å². The highest BCUT2D eigenvalue weighted by Gasteiger charge is 2.59. The number of nitrogens with zero attached hydrogens (tertiary/aromatic N) is 2. The number of β-lactam (4-membered cyclic amide) rings is 1. The fraction of sp³-hybridized carbons (Fsp3) is 0.429. The van der Waals surface area contributed by atoms with Gasteiger partial charge in [-0.25, -0.2) is 4.79 Å². The normalized spacial score (nSPS) is 21.0. The molecule has 2 fully saturated rings. The summed E-state index contributed by atoms with van der Waals surface area (Å²) in [5.41, 5.74) is 2.50. The minimum absolute atomic E-state index is 0.165. The van der Waals surface area contributed by atoms with Crippen molar-refractivity contribution < 1.29 is 27.9 Å². The third-order valence-corrected chi connectivity index (χ3v) is 6.48. The van der Waals surface area contributed by atoms with Crippen molar-refractivity contribution in [2.45, 2.75) is 31.6 Å². The number of carbonyl (C=O) groups excluding carboxylic acids is 1. The first-order chi connectivity index (χ1) is 14.1. The number of piperidine rings is 1. The summed E-state index contributed by atoms with van der Waals surface area (Å²) in [6.07, 6.45) is -3.14. The number of benzene rings is 1. The van der Waals surface area contributed by atoms with Crippen molar-refractivity contribution in [1.29, 1.82) is 0 Å². The number of thiophene rings is 1. The number of carboxylic acid groups (broad SMARTS) is 1. The molecule has 1 aromatic heterocycles. The molecule has 1 amide bonds. The van der Waals surface area contributed by atoms with Crippen molar-refractivity contribution >= 4 is 23.2 Å². The summed E-state index contributed by atoms with van der Waals surface area (Å²) in [7, 11) is 1.95. The number of likely N-dealkylation sites (tertiary alicyclic amines) is 2. The Bertz CT molecular complexity index is 863. The Labute approximate surface area is 176 Å². The van der Waals surface area contributed by atoms with Crippen LogP contribution in [0.2, 0.25) is 0 Å². The van der Waals surface area contributed by atoms with Crippen molar-refractivity contribution in [3.05, 3.63) is 58.3 Å². The summed E-state index contributed by atoms with van der Waals surface area (Å²) in [5.74, 6) is -2.42. The lowest BCUT2D eigenvalue weighted by Gasteiger charge is -2.58. The Balaban J connectivity index is 0.000000318. The van der Waals surface area contributed by atoms with Gasteiger partial charge in [0, 0.05) is 13.6 Å². The third-order valence-electron chi connectivity index (χ3n) is 5.75. The van der Waals surface area contributed by atoms with Gasteiger partial charge >= 0.3 is 12.1 Å². The van der Waals surface area contributed by atoms with Crippen molar-refractivity contribution in [1.82, 2.24) is 9.80 Å². The summed E-state index contributed by atoms with van der Waals surface area (Å²) >= 11 is 1.75. The lowest BCUT2D eigenvalue weighted by atomic mass is 9.62. The molecule has 2 aliphatic rings. The van der Waals surface area contributed by atoms with Crippen LogP contribution in [0.3, 0.4) is 0 Å². The van der Waals surface area contributed by atoms with E-state index in [4.69, 9.17) is 9.90 Å². The molecule has 162 valence electrons. The fourth-order valence-electron chi connectivity index (χ4n) is 4.31. The van der Waals surface area contributed by atoms with E-state index in [9.17, 15) is 18.0 Å². The number of carboxylic acids is 1. The van der Waals surface area contributed by atoms with Gasteiger partial charge in [0.05, 0.1) is 11.5 Å². The van der Waals surface area contributed by atoms with Crippen LogP contribution in [0.5, 0.6) is 0 Å². The predicted octanol–water partition coefficient (Wildman–Crippen LogP) is 4.18. The average Bonchev–Trinajstić information content (AvgIpc) is 3.23. The Morgan fingerprint density at radius 3 is 2.30 bits per heavy atom. The maximum Gasteiger partial charge on any atom is 0.490 e. The topological polar surface area (TPSA) is 60.9 Å². The third kappa shape index (κ3) is 4.52. The molecule has 0 radical (unpaired) electrons. The van der Waals surface area contributed by atoms with Crippen molar-refractivity contribution in [3.8, 4) is 0 Å². The van der Waals surface area contributed by atoms with E-state index < -0.39 is 12.1 Å². The number of rotatable bonds is 3. The van der Waals surface area contributed by atoms with Crippen LogP contribution in [0.25, 0.3) is 0 Å². The highest BCUT2D eigenvalue weighted by molar-refractivity contribution is 7.07. The molecule has 0 bridgehead atoms. The molecule has 1 atom stereocenters. The highest BCUT2D eigenvalue weighted by Crippen LogP contribution is 2.55. The van der Waals surface area contributed by atoms with E-state index in [0.717, 1.165) is 32.5 Å². The molecule has 2 aromatic rings. The van der Waals surface area contributed by atoms with E-state index in [0.29, 0.717) is 5.91 Å². The molecule has 4 rings (SSSR count). The predicted molar refractivity (Wildman–Crippen MR) is 107 cm³/mol. The van der Waals surface area contributed by atoms with Crippen LogP contribution in [0.4, 0.5) is 13.2 Å². The van der Waals surface area contributed by atoms with Crippen LogP contribution in [0.15, 0.2) is 47.2 Å². The van der Waals surface area contributed by atoms with Crippen LogP contribution < -0.4 is 0 Å². The lowest BCUT2D eigenvalue weighted by molar-refractivity contribution is -0.192. The fourth-order valence-corrected chi connectivity index (χ4v) is 4.97. The molecule has 5 nitrogen and oxygen atoms in total. The molecule has 1 unspecified atom stereocenters. The molecule has 9 heteroatoms. The minimum atomic E-state index is -5.08. The van der Waals surface area contributed by atoms with Crippen molar-refractivity contribution in [3.63, 3.8) is 0 Å². The van der Waals surface area contributed by atoms with Gasteiger partial charge in [0.1, 0.15) is 0 Å². The van der Waals surface area contributed by atoms with Gasteiger partial charge in [0.2, 0.25) is 5.91 Å². The van der Waals surface area contributed by atoms with Gasteiger partial charge in [-0.15, -0.1) is 0 Å². The quantitative estimate of drug-likeness (QED) is 0.728. The molecule has 30 heavy (non-hydrogen) atoms. The smallest absolute Gasteiger partial charge is 0.475 e. The van der Waals surface area contributed by atoms with Crippen LogP contribution in [-0.4, -0.2) is 53.1 Å². The van der Waals surface area contributed by atoms with Crippen LogP contribution in [0.1, 0.15) is 30.0 Å². The van der Waals surface area contributed by atoms with E-state index >= 15 is 0 Å². The maximum absolute atomic E-state index is 12.7. The summed E-state index contributed by atoms with van der Waals surface area (Å²) in [6, 6.07) is 13.0. The molecule has 2 saturated heterocycles. The van der Waals surface area contributed by atoms with E-state index in [1.165, 1.54) is 11.1 Å². The van der Waals surface area contributed by atoms with Crippen LogP contribution >= 0.6 is 11.3 Å². The highest BCUT2D eigenvalue weighted by atomic mass is 32.1. The van der Waals surface area contributed by atoms with Gasteiger partial charge in [0.25, 0.3) is 0 Å². The van der Waals surface area contributed by atoms with Gasteiger partial charge in [-0.1, -0.05) is 30.3 Å². The number of hydrogen-bond donors (Lipinski definition) is 1. The van der Waals surface area contributed by atoms with E-state index in [2.05, 4.69) is 46.0 Å². The monoisotopic (exact) mass is 440 g/mol. The zero-order chi connectivity index (χ0) is 21.9. The molecule has 1 aromatic carbocycles. The Morgan fingerprint density at radius 1 is 1.20 bits per heavy atom. The Kier molecular flexibility index (Phi) is 6.52. The summed E-state index contributed by atoms with van der Waals surface area (Å²) in [5, 5.41) is 11.5. The van der Waals surface area contributed by atoms with Gasteiger partial charge in [0.15, 0.2) is 0 Å². The average molecular weight is 440 g/mol. The van der Waals surface area contributed by atoms with E-state index in [-0.39, 0.29) is 11.5 Å². The Hall–Kier alpha value is -2.39. The number of carbonyl (C=O) groups is 2. The zero-order valence-corrected chi connectivity index (χ0v) is 17.2. The first kappa shape index (κ1) is 22.3. The minimum Gasteiger partial charge on any atom is -0.475 e. The zero-order valence-electron chi connectivity index (χ0n) is 16.4. The second-order valence-electron chi connectivity index (χ2n) is 7.60. The first-order valence-corrected chi connectivity index (χ1v) is 10.5. The van der Waals surface area contributed by atoms with Crippen molar-refractivity contribution in [2.75, 3.05) is 20.1 Å².